The summed E-state index contributed by atoms with van der Waals surface area (Å²) in [7, 11) is 0. The van der Waals surface area contributed by atoms with E-state index in [4.69, 9.17) is 0 Å². The highest BCUT2D eigenvalue weighted by Gasteiger charge is 2.46. The van der Waals surface area contributed by atoms with Gasteiger partial charge in [-0.2, -0.15) is 0 Å². The molecule has 1 aliphatic carbocycles. The van der Waals surface area contributed by atoms with Crippen LogP contribution in [0.25, 0.3) is 0 Å². The third kappa shape index (κ3) is 6.12. The first-order chi connectivity index (χ1) is 17.0. The monoisotopic (exact) mass is 503 g/mol. The van der Waals surface area contributed by atoms with Crippen molar-refractivity contribution in [2.24, 2.45) is 0 Å². The number of fused-ring (bicyclic) bond motifs is 1. The van der Waals surface area contributed by atoms with E-state index in [0.29, 0.717) is 11.8 Å². The highest BCUT2D eigenvalue weighted by atomic mass is 32.2. The van der Waals surface area contributed by atoms with Gasteiger partial charge in [0.15, 0.2) is 0 Å². The standard InChI is InChI=1S/C26H34FN3O4S/c27-19-12-11-18-22(26(34)30(25(18)33)20-13-14-21(31)29-24(20)32)23(19)35-16-8-3-1-2-7-15-28-17-9-5-4-6-10-17/h11-12,17,20,28H,1-10,13-16H2,(H,29,31,32). The van der Waals surface area contributed by atoms with Gasteiger partial charge in [-0.05, 0) is 56.5 Å². The highest BCUT2D eigenvalue weighted by Crippen LogP contribution is 2.36. The number of hydrogen-bond donors (Lipinski definition) is 2. The van der Waals surface area contributed by atoms with Gasteiger partial charge in [0.1, 0.15) is 11.9 Å². The molecule has 2 heterocycles. The van der Waals surface area contributed by atoms with E-state index in [9.17, 15) is 23.6 Å². The number of nitrogens with one attached hydrogen (secondary N) is 2. The van der Waals surface area contributed by atoms with Gasteiger partial charge < -0.3 is 5.32 Å². The number of rotatable bonds is 11. The van der Waals surface area contributed by atoms with Crippen LogP contribution in [0.5, 0.6) is 0 Å². The normalized spacial score (nSPS) is 20.9. The van der Waals surface area contributed by atoms with E-state index in [1.54, 1.807) is 0 Å². The predicted molar refractivity (Wildman–Crippen MR) is 132 cm³/mol. The number of halogens is 1. The molecule has 2 N–H and O–H groups in total. The Labute approximate surface area is 210 Å². The summed E-state index contributed by atoms with van der Waals surface area (Å²) < 4.78 is 14.7. The number of hydrogen-bond acceptors (Lipinski definition) is 6. The van der Waals surface area contributed by atoms with Crippen LogP contribution in [-0.2, 0) is 9.59 Å². The molecule has 0 aromatic heterocycles. The maximum absolute atomic E-state index is 14.7. The van der Waals surface area contributed by atoms with Crippen LogP contribution in [0.4, 0.5) is 4.39 Å². The Morgan fingerprint density at radius 1 is 0.943 bits per heavy atom. The minimum atomic E-state index is -1.05. The molecular weight excluding hydrogens is 469 g/mol. The Kier molecular flexibility index (Phi) is 8.94. The number of unbranched alkanes of at least 4 members (excludes halogenated alkanes) is 4. The van der Waals surface area contributed by atoms with Crippen LogP contribution >= 0.6 is 11.8 Å². The Hall–Kier alpha value is -2.26. The van der Waals surface area contributed by atoms with Gasteiger partial charge in [-0.3, -0.25) is 29.4 Å². The zero-order valence-electron chi connectivity index (χ0n) is 20.1. The zero-order valence-corrected chi connectivity index (χ0v) is 20.9. The Morgan fingerprint density at radius 2 is 1.69 bits per heavy atom. The van der Waals surface area contributed by atoms with E-state index >= 15 is 0 Å². The molecule has 4 rings (SSSR count). The number of amides is 4. The van der Waals surface area contributed by atoms with Gasteiger partial charge in [-0.15, -0.1) is 11.8 Å². The summed E-state index contributed by atoms with van der Waals surface area (Å²) in [6.45, 7) is 1.07. The van der Waals surface area contributed by atoms with Crippen LogP contribution in [0.1, 0.15) is 97.8 Å². The average molecular weight is 504 g/mol. The van der Waals surface area contributed by atoms with Crippen molar-refractivity contribution in [1.29, 1.82) is 0 Å². The molecule has 9 heteroatoms. The summed E-state index contributed by atoms with van der Waals surface area (Å²) in [6, 6.07) is 2.17. The van der Waals surface area contributed by atoms with E-state index in [1.807, 2.05) is 0 Å². The molecular formula is C26H34FN3O4S. The molecule has 2 fully saturated rings. The highest BCUT2D eigenvalue weighted by molar-refractivity contribution is 7.99. The van der Waals surface area contributed by atoms with Crippen molar-refractivity contribution in [3.63, 3.8) is 0 Å². The van der Waals surface area contributed by atoms with Gasteiger partial charge in [0, 0.05) is 12.5 Å². The van der Waals surface area contributed by atoms with Crippen LogP contribution in [0.2, 0.25) is 0 Å². The van der Waals surface area contributed by atoms with Gasteiger partial charge in [-0.1, -0.05) is 38.5 Å². The minimum Gasteiger partial charge on any atom is -0.314 e. The van der Waals surface area contributed by atoms with E-state index in [-0.39, 0.29) is 28.9 Å². The largest absolute Gasteiger partial charge is 0.314 e. The molecule has 1 atom stereocenters. The van der Waals surface area contributed by atoms with Crippen molar-refractivity contribution in [2.75, 3.05) is 12.3 Å². The summed E-state index contributed by atoms with van der Waals surface area (Å²) in [5, 5.41) is 5.84. The fourth-order valence-electron chi connectivity index (χ4n) is 5.19. The lowest BCUT2D eigenvalue weighted by molar-refractivity contribution is -0.136. The number of nitrogens with zero attached hydrogens (tertiary/aromatic N) is 1. The molecule has 2 aliphatic heterocycles. The van der Waals surface area contributed by atoms with Crippen molar-refractivity contribution in [2.45, 2.75) is 94.0 Å². The fourth-order valence-corrected chi connectivity index (χ4v) is 6.29. The zero-order chi connectivity index (χ0) is 24.8. The lowest BCUT2D eigenvalue weighted by Crippen LogP contribution is -2.54. The van der Waals surface area contributed by atoms with E-state index in [0.717, 1.165) is 43.5 Å². The summed E-state index contributed by atoms with van der Waals surface area (Å²) >= 11 is 1.25. The van der Waals surface area contributed by atoms with Crippen molar-refractivity contribution >= 4 is 35.4 Å². The van der Waals surface area contributed by atoms with Crippen LogP contribution in [0.15, 0.2) is 17.0 Å². The minimum absolute atomic E-state index is 0.0403. The topological polar surface area (TPSA) is 95.6 Å². The smallest absolute Gasteiger partial charge is 0.263 e. The molecule has 1 unspecified atom stereocenters. The Bertz CT molecular complexity index is 980. The summed E-state index contributed by atoms with van der Waals surface area (Å²) in [5.41, 5.74) is 0.160. The summed E-state index contributed by atoms with van der Waals surface area (Å²) in [5.74, 6) is -2.25. The number of piperidine rings is 1. The van der Waals surface area contributed by atoms with Gasteiger partial charge in [0.05, 0.1) is 16.0 Å². The van der Waals surface area contributed by atoms with Crippen molar-refractivity contribution in [3.8, 4) is 0 Å². The molecule has 1 aromatic rings. The van der Waals surface area contributed by atoms with Crippen LogP contribution < -0.4 is 10.6 Å². The number of thioether (sulfide) groups is 1. The summed E-state index contributed by atoms with van der Waals surface area (Å²) in [4.78, 5) is 50.8. The van der Waals surface area contributed by atoms with Gasteiger partial charge >= 0.3 is 0 Å². The first kappa shape index (κ1) is 25.8. The Morgan fingerprint density at radius 3 is 2.46 bits per heavy atom. The van der Waals surface area contributed by atoms with Gasteiger partial charge in [0.2, 0.25) is 11.8 Å². The van der Waals surface area contributed by atoms with Crippen molar-refractivity contribution < 1.29 is 23.6 Å². The SMILES string of the molecule is O=C1CCC(N2C(=O)c3ccc(F)c(SCCCCCCCNC4CCCCC4)c3C2=O)C(=O)N1. The van der Waals surface area contributed by atoms with Crippen LogP contribution in [0, 0.1) is 5.82 Å². The lowest BCUT2D eigenvalue weighted by Gasteiger charge is -2.27. The van der Waals surface area contributed by atoms with Crippen molar-refractivity contribution in [3.05, 3.63) is 29.1 Å². The molecule has 0 bridgehead atoms. The second-order valence-corrected chi connectivity index (χ2v) is 10.8. The number of carbonyl (C=O) groups excluding carboxylic acids is 4. The second-order valence-electron chi connectivity index (χ2n) is 9.65. The first-order valence-electron chi connectivity index (χ1n) is 12.9. The van der Waals surface area contributed by atoms with E-state index in [1.165, 1.54) is 56.0 Å². The van der Waals surface area contributed by atoms with Crippen LogP contribution in [0.3, 0.4) is 0 Å². The molecule has 3 aliphatic rings. The number of imide groups is 2. The third-order valence-electron chi connectivity index (χ3n) is 7.12. The van der Waals surface area contributed by atoms with Gasteiger partial charge in [0.25, 0.3) is 11.8 Å². The number of carbonyl (C=O) groups is 4. The van der Waals surface area contributed by atoms with E-state index < -0.39 is 35.5 Å². The molecule has 4 amide bonds. The maximum Gasteiger partial charge on any atom is 0.263 e. The molecule has 0 radical (unpaired) electrons. The molecule has 35 heavy (non-hydrogen) atoms. The molecule has 0 spiro atoms. The molecule has 1 aromatic carbocycles. The van der Waals surface area contributed by atoms with Gasteiger partial charge in [-0.25, -0.2) is 4.39 Å². The molecule has 1 saturated heterocycles. The molecule has 7 nitrogen and oxygen atoms in total. The fraction of sp³-hybridized carbons (Fsp3) is 0.615. The average Bonchev–Trinajstić information content (AvgIpc) is 3.09. The van der Waals surface area contributed by atoms with E-state index in [2.05, 4.69) is 10.6 Å². The molecule has 1 saturated carbocycles. The number of benzene rings is 1. The maximum atomic E-state index is 14.7. The van der Waals surface area contributed by atoms with Crippen LogP contribution in [-0.4, -0.2) is 52.9 Å². The summed E-state index contributed by atoms with van der Waals surface area (Å²) in [6.07, 6.45) is 12.2. The third-order valence-corrected chi connectivity index (χ3v) is 8.30. The second kappa shape index (κ2) is 12.1. The molecule has 190 valence electrons. The first-order valence-corrected chi connectivity index (χ1v) is 13.9. The Balaban J connectivity index is 1.24. The quantitative estimate of drug-likeness (QED) is 0.267. The lowest BCUT2D eigenvalue weighted by atomic mass is 9.95. The predicted octanol–water partition coefficient (Wildman–Crippen LogP) is 4.19. The van der Waals surface area contributed by atoms with Crippen molar-refractivity contribution in [1.82, 2.24) is 15.5 Å².